The van der Waals surface area contributed by atoms with Crippen molar-refractivity contribution >= 4 is 45.0 Å². The van der Waals surface area contributed by atoms with Crippen LogP contribution in [0.1, 0.15) is 0 Å². The average molecular weight is 463 g/mol. The van der Waals surface area contributed by atoms with Gasteiger partial charge >= 0.3 is 0 Å². The molecule has 0 bridgehead atoms. The number of rotatable bonds is 5. The summed E-state index contributed by atoms with van der Waals surface area (Å²) in [6.45, 7) is 4.06. The van der Waals surface area contributed by atoms with Gasteiger partial charge < -0.3 is 15.1 Å². The fourth-order valence-electron chi connectivity index (χ4n) is 2.97. The van der Waals surface area contributed by atoms with Crippen LogP contribution in [0.3, 0.4) is 0 Å². The summed E-state index contributed by atoms with van der Waals surface area (Å²) in [7, 11) is 5.00. The second-order valence-corrected chi connectivity index (χ2v) is 7.71. The molecule has 0 spiro atoms. The minimum absolute atomic E-state index is 0.229. The topological polar surface area (TPSA) is 52.7 Å². The molecule has 146 valence electrons. The first-order valence-electron chi connectivity index (χ1n) is 7.97. The normalized spacial score (nSPS) is 20.4. The second-order valence-electron chi connectivity index (χ2n) is 6.40. The lowest BCUT2D eigenvalue weighted by Gasteiger charge is -2.24. The number of carbonyl (C=O) groups excluding carboxylic acids is 2. The van der Waals surface area contributed by atoms with E-state index in [-0.39, 0.29) is 12.2 Å². The quantitative estimate of drug-likeness (QED) is 0.414. The largest absolute Gasteiger partial charge is 0.368 e. The van der Waals surface area contributed by atoms with Crippen LogP contribution in [-0.4, -0.2) is 49.3 Å². The molecule has 2 amide bonds. The number of allylic oxidation sites excluding steroid dienone is 1. The van der Waals surface area contributed by atoms with Crippen LogP contribution in [-0.2, 0) is 9.59 Å². The van der Waals surface area contributed by atoms with E-state index in [4.69, 9.17) is 11.6 Å². The second kappa shape index (κ2) is 8.39. The highest BCUT2D eigenvalue weighted by Crippen LogP contribution is 2.39. The van der Waals surface area contributed by atoms with Gasteiger partial charge in [0.25, 0.3) is 0 Å². The molecule has 27 heavy (non-hydrogen) atoms. The van der Waals surface area contributed by atoms with E-state index < -0.39 is 35.3 Å². The number of anilines is 1. The fraction of sp³-hybridized carbons (Fsp3) is 0.333. The zero-order valence-electron chi connectivity index (χ0n) is 15.0. The van der Waals surface area contributed by atoms with E-state index in [1.807, 2.05) is 0 Å². The van der Waals surface area contributed by atoms with Crippen molar-refractivity contribution in [3.63, 3.8) is 0 Å². The third kappa shape index (κ3) is 4.32. The number of nitrogens with zero attached hydrogens (tertiary/aromatic N) is 2. The van der Waals surface area contributed by atoms with E-state index in [2.05, 4.69) is 27.8 Å². The molecule has 2 rings (SSSR count). The van der Waals surface area contributed by atoms with Crippen LogP contribution in [0.25, 0.3) is 0 Å². The molecule has 0 unspecified atom stereocenters. The summed E-state index contributed by atoms with van der Waals surface area (Å²) in [5.41, 5.74) is 0.169. The Morgan fingerprint density at radius 2 is 2.04 bits per heavy atom. The molecule has 0 radical (unpaired) electrons. The number of carbonyl (C=O) groups is 2. The van der Waals surface area contributed by atoms with Crippen LogP contribution in [0, 0.1) is 23.5 Å². The Labute approximate surface area is 169 Å². The summed E-state index contributed by atoms with van der Waals surface area (Å²) >= 11 is 9.66. The minimum atomic E-state index is -1.19. The van der Waals surface area contributed by atoms with Crippen LogP contribution >= 0.6 is 27.5 Å². The van der Waals surface area contributed by atoms with E-state index in [1.54, 1.807) is 26.0 Å². The average Bonchev–Trinajstić information content (AvgIpc) is 2.86. The zero-order chi connectivity index (χ0) is 20.5. The van der Waals surface area contributed by atoms with Crippen LogP contribution in [0.2, 0.25) is 0 Å². The number of halogens is 4. The molecule has 9 heteroatoms. The molecule has 1 aromatic rings. The van der Waals surface area contributed by atoms with Crippen molar-refractivity contribution in [3.05, 3.63) is 51.6 Å². The monoisotopic (exact) mass is 461 g/mol. The van der Waals surface area contributed by atoms with Crippen molar-refractivity contribution in [1.29, 1.82) is 0 Å². The molecule has 0 aliphatic carbocycles. The molecule has 1 aliphatic rings. The van der Waals surface area contributed by atoms with Crippen LogP contribution in [0.5, 0.6) is 0 Å². The molecular weight excluding hydrogens is 444 g/mol. The number of likely N-dealkylation sites (tertiary alicyclic amines) is 1. The number of nitrogens with one attached hydrogen (secondary N) is 1. The van der Waals surface area contributed by atoms with E-state index in [1.165, 1.54) is 17.0 Å². The number of hydrogen-bond donors (Lipinski definition) is 1. The van der Waals surface area contributed by atoms with Gasteiger partial charge in [-0.1, -0.05) is 40.2 Å². The minimum Gasteiger partial charge on any atom is -0.368 e. The van der Waals surface area contributed by atoms with Crippen molar-refractivity contribution in [2.24, 2.45) is 11.8 Å². The van der Waals surface area contributed by atoms with Gasteiger partial charge in [0, 0.05) is 43.7 Å². The van der Waals surface area contributed by atoms with Gasteiger partial charge in [-0.2, -0.15) is 0 Å². The highest BCUT2D eigenvalue weighted by atomic mass is 79.9. The van der Waals surface area contributed by atoms with Crippen molar-refractivity contribution in [1.82, 2.24) is 9.80 Å². The molecule has 1 aliphatic heterocycles. The first-order valence-corrected chi connectivity index (χ1v) is 9.15. The van der Waals surface area contributed by atoms with Crippen molar-refractivity contribution < 1.29 is 18.4 Å². The first-order chi connectivity index (χ1) is 12.6. The van der Waals surface area contributed by atoms with Gasteiger partial charge in [0.15, 0.2) is 11.6 Å². The van der Waals surface area contributed by atoms with E-state index in [9.17, 15) is 18.4 Å². The Morgan fingerprint density at radius 3 is 2.59 bits per heavy atom. The fourth-order valence-corrected chi connectivity index (χ4v) is 3.82. The highest BCUT2D eigenvalue weighted by Gasteiger charge is 2.46. The molecule has 2 atom stereocenters. The maximum absolute atomic E-state index is 13.9. The van der Waals surface area contributed by atoms with Gasteiger partial charge in [0.05, 0.1) is 5.69 Å². The van der Waals surface area contributed by atoms with Crippen molar-refractivity contribution in [2.75, 3.05) is 33.0 Å². The molecular formula is C18H19BrClF2N3O2. The lowest BCUT2D eigenvalue weighted by molar-refractivity contribution is -0.135. The molecule has 0 aromatic heterocycles. The van der Waals surface area contributed by atoms with Gasteiger partial charge in [-0.05, 0) is 12.1 Å². The van der Waals surface area contributed by atoms with Gasteiger partial charge in [-0.3, -0.25) is 9.59 Å². The lowest BCUT2D eigenvalue weighted by Crippen LogP contribution is -2.34. The SMILES string of the molecule is C=C(Br)/C(=C(/Cl)N(C)C)[C@H]1CN(C)C(=O)[C@@H]1C(=O)Nc1cccc(F)c1F. The van der Waals surface area contributed by atoms with Crippen LogP contribution in [0.15, 0.2) is 40.0 Å². The van der Waals surface area contributed by atoms with E-state index >= 15 is 0 Å². The Morgan fingerprint density at radius 1 is 1.41 bits per heavy atom. The molecule has 1 heterocycles. The van der Waals surface area contributed by atoms with Gasteiger partial charge in [0.2, 0.25) is 11.8 Å². The van der Waals surface area contributed by atoms with Gasteiger partial charge in [-0.15, -0.1) is 0 Å². The Kier molecular flexibility index (Phi) is 6.64. The van der Waals surface area contributed by atoms with E-state index in [0.717, 1.165) is 6.07 Å². The summed E-state index contributed by atoms with van der Waals surface area (Å²) in [6, 6.07) is 3.43. The highest BCUT2D eigenvalue weighted by molar-refractivity contribution is 9.11. The summed E-state index contributed by atoms with van der Waals surface area (Å²) in [6.07, 6.45) is 0. The number of benzene rings is 1. The summed E-state index contributed by atoms with van der Waals surface area (Å²) < 4.78 is 27.7. The van der Waals surface area contributed by atoms with Crippen molar-refractivity contribution in [2.45, 2.75) is 0 Å². The molecule has 1 aromatic carbocycles. The number of hydrogen-bond acceptors (Lipinski definition) is 3. The maximum Gasteiger partial charge on any atom is 0.237 e. The summed E-state index contributed by atoms with van der Waals surface area (Å²) in [4.78, 5) is 28.4. The van der Waals surface area contributed by atoms with Gasteiger partial charge in [0.1, 0.15) is 11.1 Å². The molecule has 5 nitrogen and oxygen atoms in total. The standard InChI is InChI=1S/C18H19BrClF2N3O2/c1-9(19)13(16(20)24(2)3)10-8-25(4)18(27)14(10)17(26)23-12-7-5-6-11(21)15(12)22/h5-7,10,14H,1,8H2,2-4H3,(H,23,26)/b16-13+/t10-,14+/m1/s1. The van der Waals surface area contributed by atoms with Gasteiger partial charge in [-0.25, -0.2) is 8.78 Å². The lowest BCUT2D eigenvalue weighted by atomic mass is 9.87. The molecule has 1 fully saturated rings. The predicted molar refractivity (Wildman–Crippen MR) is 104 cm³/mol. The van der Waals surface area contributed by atoms with Crippen LogP contribution in [0.4, 0.5) is 14.5 Å². The number of amides is 2. The van der Waals surface area contributed by atoms with Crippen LogP contribution < -0.4 is 5.32 Å². The molecule has 0 saturated carbocycles. The van der Waals surface area contributed by atoms with E-state index in [0.29, 0.717) is 15.2 Å². The Bertz CT molecular complexity index is 829. The Hall–Kier alpha value is -1.93. The molecule has 1 saturated heterocycles. The molecule has 1 N–H and O–H groups in total. The smallest absolute Gasteiger partial charge is 0.237 e. The van der Waals surface area contributed by atoms with Crippen molar-refractivity contribution in [3.8, 4) is 0 Å². The third-order valence-electron chi connectivity index (χ3n) is 4.29. The zero-order valence-corrected chi connectivity index (χ0v) is 17.4. The Balaban J connectivity index is 2.43. The first kappa shape index (κ1) is 21.4. The third-order valence-corrected chi connectivity index (χ3v) is 5.25. The maximum atomic E-state index is 13.9. The predicted octanol–water partition coefficient (Wildman–Crippen LogP) is 3.53. The summed E-state index contributed by atoms with van der Waals surface area (Å²) in [5.74, 6) is -5.23. The summed E-state index contributed by atoms with van der Waals surface area (Å²) in [5, 5.41) is 2.63.